The van der Waals surface area contributed by atoms with Crippen molar-refractivity contribution in [1.82, 2.24) is 4.98 Å². The average molecular weight is 332 g/mol. The Labute approximate surface area is 129 Å². The Morgan fingerprint density at radius 2 is 2.00 bits per heavy atom. The van der Waals surface area contributed by atoms with Crippen LogP contribution in [0.15, 0.2) is 12.1 Å². The van der Waals surface area contributed by atoms with Crippen LogP contribution in [0.3, 0.4) is 0 Å². The van der Waals surface area contributed by atoms with Gasteiger partial charge in [-0.1, -0.05) is 23.2 Å². The number of rotatable bonds is 3. The van der Waals surface area contributed by atoms with Crippen molar-refractivity contribution in [1.29, 1.82) is 0 Å². The number of carbonyl (C=O) groups excluding carboxylic acids is 1. The van der Waals surface area contributed by atoms with Gasteiger partial charge in [-0.15, -0.1) is 11.3 Å². The van der Waals surface area contributed by atoms with Gasteiger partial charge in [0.15, 0.2) is 5.75 Å². The van der Waals surface area contributed by atoms with Gasteiger partial charge in [0, 0.05) is 5.56 Å². The summed E-state index contributed by atoms with van der Waals surface area (Å²) in [5.41, 5.74) is 1.23. The van der Waals surface area contributed by atoms with Crippen LogP contribution in [0.1, 0.15) is 22.3 Å². The molecule has 7 heteroatoms. The minimum atomic E-state index is -0.398. The van der Waals surface area contributed by atoms with Crippen LogP contribution in [0.5, 0.6) is 5.75 Å². The molecule has 4 nitrogen and oxygen atoms in total. The smallest absolute Gasteiger partial charge is 0.350 e. The zero-order valence-corrected chi connectivity index (χ0v) is 13.1. The van der Waals surface area contributed by atoms with Gasteiger partial charge in [-0.2, -0.15) is 0 Å². The molecule has 0 radical (unpaired) electrons. The minimum Gasteiger partial charge on any atom is -0.505 e. The molecule has 0 spiro atoms. The molecule has 20 heavy (non-hydrogen) atoms. The highest BCUT2D eigenvalue weighted by atomic mass is 35.5. The Morgan fingerprint density at radius 3 is 2.55 bits per heavy atom. The standard InChI is InChI=1S/C13H11Cl2NO3S/c1-3-19-13(18)11-6(2)16-12(20-11)7-4-8(14)10(17)9(15)5-7/h4-5,17H,3H2,1-2H3. The molecule has 0 aliphatic carbocycles. The summed E-state index contributed by atoms with van der Waals surface area (Å²) in [5, 5.41) is 10.4. The zero-order chi connectivity index (χ0) is 14.9. The summed E-state index contributed by atoms with van der Waals surface area (Å²) in [6.45, 7) is 3.78. The molecule has 0 bridgehead atoms. The third-order valence-electron chi connectivity index (χ3n) is 2.52. The van der Waals surface area contributed by atoms with E-state index in [4.69, 9.17) is 27.9 Å². The number of phenols is 1. The highest BCUT2D eigenvalue weighted by molar-refractivity contribution is 7.17. The Morgan fingerprint density at radius 1 is 1.40 bits per heavy atom. The van der Waals surface area contributed by atoms with Gasteiger partial charge in [0.2, 0.25) is 0 Å². The van der Waals surface area contributed by atoms with Crippen LogP contribution < -0.4 is 0 Å². The van der Waals surface area contributed by atoms with Gasteiger partial charge < -0.3 is 9.84 Å². The van der Waals surface area contributed by atoms with Crippen LogP contribution in [0, 0.1) is 6.92 Å². The van der Waals surface area contributed by atoms with Crippen molar-refractivity contribution in [3.05, 3.63) is 32.7 Å². The normalized spacial score (nSPS) is 10.6. The Kier molecular flexibility index (Phi) is 4.52. The van der Waals surface area contributed by atoms with E-state index in [1.54, 1.807) is 26.0 Å². The maximum absolute atomic E-state index is 11.8. The fourth-order valence-corrected chi connectivity index (χ4v) is 3.03. The molecule has 0 aliphatic heterocycles. The maximum Gasteiger partial charge on any atom is 0.350 e. The van der Waals surface area contributed by atoms with Gasteiger partial charge in [-0.3, -0.25) is 0 Å². The van der Waals surface area contributed by atoms with Gasteiger partial charge in [-0.05, 0) is 26.0 Å². The molecule has 0 amide bonds. The van der Waals surface area contributed by atoms with E-state index in [0.717, 1.165) is 0 Å². The molecule has 0 unspecified atom stereocenters. The third-order valence-corrected chi connectivity index (χ3v) is 4.28. The van der Waals surface area contributed by atoms with E-state index in [1.165, 1.54) is 11.3 Å². The summed E-state index contributed by atoms with van der Waals surface area (Å²) in [5.74, 6) is -0.569. The van der Waals surface area contributed by atoms with Crippen molar-refractivity contribution < 1.29 is 14.6 Å². The largest absolute Gasteiger partial charge is 0.505 e. The van der Waals surface area contributed by atoms with Crippen molar-refractivity contribution >= 4 is 40.5 Å². The van der Waals surface area contributed by atoms with Crippen molar-refractivity contribution in [2.45, 2.75) is 13.8 Å². The van der Waals surface area contributed by atoms with Gasteiger partial charge >= 0.3 is 5.97 Å². The molecule has 0 saturated heterocycles. The molecule has 2 aromatic rings. The quantitative estimate of drug-likeness (QED) is 0.851. The first-order chi connectivity index (χ1) is 9.43. The lowest BCUT2D eigenvalue weighted by Gasteiger charge is -2.02. The molecule has 1 aromatic carbocycles. The summed E-state index contributed by atoms with van der Waals surface area (Å²) in [4.78, 5) is 16.5. The van der Waals surface area contributed by atoms with Gasteiger partial charge in [0.25, 0.3) is 0 Å². The van der Waals surface area contributed by atoms with E-state index in [9.17, 15) is 9.90 Å². The zero-order valence-electron chi connectivity index (χ0n) is 10.7. The summed E-state index contributed by atoms with van der Waals surface area (Å²) < 4.78 is 4.96. The number of carbonyl (C=O) groups is 1. The van der Waals surface area contributed by atoms with E-state index in [2.05, 4.69) is 4.98 Å². The van der Waals surface area contributed by atoms with Crippen LogP contribution in [0.25, 0.3) is 10.6 Å². The number of esters is 1. The van der Waals surface area contributed by atoms with Gasteiger partial charge in [-0.25, -0.2) is 9.78 Å². The highest BCUT2D eigenvalue weighted by Gasteiger charge is 2.18. The number of nitrogens with zero attached hydrogens (tertiary/aromatic N) is 1. The first-order valence-corrected chi connectivity index (χ1v) is 7.34. The van der Waals surface area contributed by atoms with E-state index in [1.807, 2.05) is 0 Å². The maximum atomic E-state index is 11.8. The second-order valence-electron chi connectivity index (χ2n) is 3.94. The number of benzene rings is 1. The van der Waals surface area contributed by atoms with Crippen LogP contribution >= 0.6 is 34.5 Å². The number of aryl methyl sites for hydroxylation is 1. The first-order valence-electron chi connectivity index (χ1n) is 5.77. The van der Waals surface area contributed by atoms with Crippen LogP contribution in [-0.4, -0.2) is 22.7 Å². The minimum absolute atomic E-state index is 0.137. The fourth-order valence-electron chi connectivity index (χ4n) is 1.59. The third kappa shape index (κ3) is 2.90. The molecule has 0 saturated carbocycles. The lowest BCUT2D eigenvalue weighted by atomic mass is 10.2. The monoisotopic (exact) mass is 331 g/mol. The van der Waals surface area contributed by atoms with Crippen LogP contribution in [0.4, 0.5) is 0 Å². The number of hydrogen-bond acceptors (Lipinski definition) is 5. The Hall–Kier alpha value is -1.30. The Balaban J connectivity index is 2.44. The SMILES string of the molecule is CCOC(=O)c1sc(-c2cc(Cl)c(O)c(Cl)c2)nc1C. The number of aromatic hydroxyl groups is 1. The molecule has 1 heterocycles. The second kappa shape index (κ2) is 5.99. The number of ether oxygens (including phenoxy) is 1. The van der Waals surface area contributed by atoms with Crippen molar-refractivity contribution in [3.8, 4) is 16.3 Å². The van der Waals surface area contributed by atoms with E-state index in [-0.39, 0.29) is 15.8 Å². The van der Waals surface area contributed by atoms with E-state index < -0.39 is 5.97 Å². The lowest BCUT2D eigenvalue weighted by molar-refractivity contribution is 0.0531. The van der Waals surface area contributed by atoms with Crippen molar-refractivity contribution in [2.24, 2.45) is 0 Å². The number of phenolic OH excluding ortho intramolecular Hbond substituents is 1. The van der Waals surface area contributed by atoms with Crippen molar-refractivity contribution in [2.75, 3.05) is 6.61 Å². The molecular formula is C13H11Cl2NO3S. The topological polar surface area (TPSA) is 59.4 Å². The summed E-state index contributed by atoms with van der Waals surface area (Å²) >= 11 is 13.0. The molecule has 1 aromatic heterocycles. The fraction of sp³-hybridized carbons (Fsp3) is 0.231. The Bertz CT molecular complexity index is 647. The van der Waals surface area contributed by atoms with E-state index in [0.29, 0.717) is 27.7 Å². The lowest BCUT2D eigenvalue weighted by Crippen LogP contribution is -2.03. The molecule has 0 fully saturated rings. The number of hydrogen-bond donors (Lipinski definition) is 1. The predicted molar refractivity (Wildman–Crippen MR) is 79.9 cm³/mol. The molecule has 0 aliphatic rings. The summed E-state index contributed by atoms with van der Waals surface area (Å²) in [6.07, 6.45) is 0. The van der Waals surface area contributed by atoms with Gasteiger partial charge in [0.05, 0.1) is 22.3 Å². The average Bonchev–Trinajstić information content (AvgIpc) is 2.78. The van der Waals surface area contributed by atoms with Crippen molar-refractivity contribution in [3.63, 3.8) is 0 Å². The molecule has 1 N–H and O–H groups in total. The molecule has 2 rings (SSSR count). The molecule has 0 atom stereocenters. The second-order valence-corrected chi connectivity index (χ2v) is 5.76. The number of thiazole rings is 1. The molecule has 106 valence electrons. The molecular weight excluding hydrogens is 321 g/mol. The number of halogens is 2. The van der Waals surface area contributed by atoms with E-state index >= 15 is 0 Å². The van der Waals surface area contributed by atoms with Crippen LogP contribution in [0.2, 0.25) is 10.0 Å². The number of aromatic nitrogens is 1. The summed E-state index contributed by atoms with van der Waals surface area (Å²) in [6, 6.07) is 3.10. The van der Waals surface area contributed by atoms with Gasteiger partial charge in [0.1, 0.15) is 9.88 Å². The summed E-state index contributed by atoms with van der Waals surface area (Å²) in [7, 11) is 0. The highest BCUT2D eigenvalue weighted by Crippen LogP contribution is 2.38. The first kappa shape index (κ1) is 15.1. The predicted octanol–water partition coefficient (Wildman–Crippen LogP) is 4.31. The van der Waals surface area contributed by atoms with Crippen LogP contribution in [-0.2, 0) is 4.74 Å².